The lowest BCUT2D eigenvalue weighted by atomic mass is 10.0. The normalized spacial score (nSPS) is 10.8. The summed E-state index contributed by atoms with van der Waals surface area (Å²) in [6.45, 7) is 2.73. The zero-order valence-corrected chi connectivity index (χ0v) is 14.2. The number of anilines is 1. The number of unbranched alkanes of at least 4 members (excludes halogenated alkanes) is 1. The largest absolute Gasteiger partial charge is 0.475 e. The van der Waals surface area contributed by atoms with E-state index < -0.39 is 5.97 Å². The van der Waals surface area contributed by atoms with Crippen molar-refractivity contribution in [2.24, 2.45) is 0 Å². The van der Waals surface area contributed by atoms with E-state index >= 15 is 0 Å². The molecule has 0 bridgehead atoms. The predicted molar refractivity (Wildman–Crippen MR) is 98.9 cm³/mol. The molecule has 0 aliphatic heterocycles. The van der Waals surface area contributed by atoms with Crippen molar-refractivity contribution in [1.29, 1.82) is 0 Å². The molecule has 2 aromatic carbocycles. The van der Waals surface area contributed by atoms with Crippen LogP contribution < -0.4 is 5.32 Å². The summed E-state index contributed by atoms with van der Waals surface area (Å²) >= 11 is 0. The van der Waals surface area contributed by atoms with E-state index in [2.05, 4.69) is 28.3 Å². The van der Waals surface area contributed by atoms with Crippen molar-refractivity contribution in [3.05, 3.63) is 65.5 Å². The number of carbonyl (C=O) groups is 1. The second kappa shape index (κ2) is 7.75. The van der Waals surface area contributed by atoms with Crippen molar-refractivity contribution < 1.29 is 9.90 Å². The third kappa shape index (κ3) is 3.94. The van der Waals surface area contributed by atoms with Gasteiger partial charge in [-0.25, -0.2) is 14.8 Å². The van der Waals surface area contributed by atoms with Gasteiger partial charge in [-0.15, -0.1) is 0 Å². The molecule has 5 heteroatoms. The molecule has 2 N–H and O–H groups in total. The van der Waals surface area contributed by atoms with Gasteiger partial charge in [-0.1, -0.05) is 55.8 Å². The predicted octanol–water partition coefficient (Wildman–Crippen LogP) is 4.28. The smallest absolute Gasteiger partial charge is 0.374 e. The summed E-state index contributed by atoms with van der Waals surface area (Å²) in [4.78, 5) is 19.8. The molecule has 0 radical (unpaired) electrons. The fraction of sp³-hybridized carbons (Fsp3) is 0.250. The first-order chi connectivity index (χ1) is 12.2. The summed E-state index contributed by atoms with van der Waals surface area (Å²) in [7, 11) is 0. The van der Waals surface area contributed by atoms with Crippen molar-refractivity contribution >= 4 is 22.7 Å². The molecule has 1 heterocycles. The number of aryl methyl sites for hydroxylation is 1. The second-order valence-corrected chi connectivity index (χ2v) is 5.95. The zero-order chi connectivity index (χ0) is 17.6. The van der Waals surface area contributed by atoms with Crippen molar-refractivity contribution in [3.63, 3.8) is 0 Å². The lowest BCUT2D eigenvalue weighted by molar-refractivity contribution is 0.0684. The Balaban J connectivity index is 2.04. The number of carboxylic acid groups (broad SMARTS) is 1. The van der Waals surface area contributed by atoms with E-state index in [1.807, 2.05) is 42.5 Å². The van der Waals surface area contributed by atoms with Crippen LogP contribution in [0.3, 0.4) is 0 Å². The van der Waals surface area contributed by atoms with Gasteiger partial charge < -0.3 is 10.4 Å². The summed E-state index contributed by atoms with van der Waals surface area (Å²) in [5.74, 6) is -0.725. The summed E-state index contributed by atoms with van der Waals surface area (Å²) in [5, 5.41) is 13.5. The third-order valence-electron chi connectivity index (χ3n) is 4.10. The maximum atomic E-state index is 11.4. The monoisotopic (exact) mass is 335 g/mol. The van der Waals surface area contributed by atoms with Gasteiger partial charge in [0.1, 0.15) is 5.82 Å². The molecule has 0 spiro atoms. The van der Waals surface area contributed by atoms with E-state index in [0.29, 0.717) is 17.9 Å². The molecule has 0 aliphatic rings. The number of hydrogen-bond acceptors (Lipinski definition) is 4. The maximum Gasteiger partial charge on any atom is 0.374 e. The molecular weight excluding hydrogens is 314 g/mol. The number of benzene rings is 2. The fourth-order valence-electron chi connectivity index (χ4n) is 2.83. The fourth-order valence-corrected chi connectivity index (χ4v) is 2.83. The summed E-state index contributed by atoms with van der Waals surface area (Å²) in [6.07, 6.45) is 3.08. The lowest BCUT2D eigenvalue weighted by Crippen LogP contribution is -2.10. The number of carboxylic acids is 1. The first kappa shape index (κ1) is 16.9. The number of aromatic nitrogens is 2. The molecule has 0 fully saturated rings. The minimum absolute atomic E-state index is 0.185. The third-order valence-corrected chi connectivity index (χ3v) is 4.10. The number of aromatic carboxylic acids is 1. The summed E-state index contributed by atoms with van der Waals surface area (Å²) in [6, 6.07) is 15.8. The maximum absolute atomic E-state index is 11.4. The number of fused-ring (bicyclic) bond motifs is 1. The van der Waals surface area contributed by atoms with Crippen molar-refractivity contribution in [2.75, 3.05) is 5.32 Å². The van der Waals surface area contributed by atoms with Gasteiger partial charge in [-0.05, 0) is 30.0 Å². The number of hydrogen-bond donors (Lipinski definition) is 2. The Morgan fingerprint density at radius 1 is 1.08 bits per heavy atom. The first-order valence-corrected chi connectivity index (χ1v) is 8.49. The van der Waals surface area contributed by atoms with Crippen LogP contribution in [0.15, 0.2) is 48.5 Å². The second-order valence-electron chi connectivity index (χ2n) is 5.95. The van der Waals surface area contributed by atoms with Gasteiger partial charge >= 0.3 is 5.97 Å². The molecule has 0 saturated carbocycles. The Bertz CT molecular complexity index is 879. The van der Waals surface area contributed by atoms with Crippen LogP contribution in [0.5, 0.6) is 0 Å². The molecule has 0 saturated heterocycles. The molecule has 3 rings (SSSR count). The molecule has 0 unspecified atom stereocenters. The Hall–Kier alpha value is -2.95. The molecule has 5 nitrogen and oxygen atoms in total. The van der Waals surface area contributed by atoms with E-state index in [1.165, 1.54) is 0 Å². The van der Waals surface area contributed by atoms with E-state index in [4.69, 9.17) is 0 Å². The summed E-state index contributed by atoms with van der Waals surface area (Å²) in [5.41, 5.74) is 2.92. The molecule has 3 aromatic rings. The SMILES string of the molecule is CCCCc1cccc2nc(C(=O)O)nc(NCc3ccccc3)c12. The highest BCUT2D eigenvalue weighted by Crippen LogP contribution is 2.26. The number of rotatable bonds is 7. The Morgan fingerprint density at radius 3 is 2.60 bits per heavy atom. The van der Waals surface area contributed by atoms with Gasteiger partial charge in [0.15, 0.2) is 0 Å². The zero-order valence-electron chi connectivity index (χ0n) is 14.2. The highest BCUT2D eigenvalue weighted by Gasteiger charge is 2.15. The van der Waals surface area contributed by atoms with E-state index in [1.54, 1.807) is 0 Å². The molecular formula is C20H21N3O2. The van der Waals surface area contributed by atoms with E-state index in [-0.39, 0.29) is 5.82 Å². The Morgan fingerprint density at radius 2 is 1.88 bits per heavy atom. The topological polar surface area (TPSA) is 75.1 Å². The van der Waals surface area contributed by atoms with Gasteiger partial charge in [0, 0.05) is 11.9 Å². The van der Waals surface area contributed by atoms with Gasteiger partial charge in [0.2, 0.25) is 5.82 Å². The molecule has 25 heavy (non-hydrogen) atoms. The van der Waals surface area contributed by atoms with Crippen LogP contribution in [0.2, 0.25) is 0 Å². The van der Waals surface area contributed by atoms with Crippen LogP contribution in [0.1, 0.15) is 41.5 Å². The molecule has 0 atom stereocenters. The number of nitrogens with one attached hydrogen (secondary N) is 1. The molecule has 128 valence electrons. The lowest BCUT2D eigenvalue weighted by Gasteiger charge is -2.13. The van der Waals surface area contributed by atoms with Crippen LogP contribution in [0.25, 0.3) is 10.9 Å². The Labute approximate surface area is 146 Å². The van der Waals surface area contributed by atoms with Crippen LogP contribution in [0.4, 0.5) is 5.82 Å². The van der Waals surface area contributed by atoms with E-state index in [0.717, 1.165) is 35.8 Å². The van der Waals surface area contributed by atoms with Crippen molar-refractivity contribution in [1.82, 2.24) is 9.97 Å². The van der Waals surface area contributed by atoms with Crippen LogP contribution >= 0.6 is 0 Å². The first-order valence-electron chi connectivity index (χ1n) is 8.49. The number of nitrogens with zero attached hydrogens (tertiary/aromatic N) is 2. The van der Waals surface area contributed by atoms with Crippen molar-refractivity contribution in [3.8, 4) is 0 Å². The molecule has 1 aromatic heterocycles. The average molecular weight is 335 g/mol. The Kier molecular flexibility index (Phi) is 5.23. The highest BCUT2D eigenvalue weighted by atomic mass is 16.4. The van der Waals surface area contributed by atoms with Crippen LogP contribution in [0, 0.1) is 0 Å². The van der Waals surface area contributed by atoms with Gasteiger partial charge in [0.25, 0.3) is 0 Å². The van der Waals surface area contributed by atoms with Gasteiger partial charge in [-0.3, -0.25) is 0 Å². The molecule has 0 aliphatic carbocycles. The van der Waals surface area contributed by atoms with E-state index in [9.17, 15) is 9.90 Å². The minimum Gasteiger partial charge on any atom is -0.475 e. The highest BCUT2D eigenvalue weighted by molar-refractivity contribution is 5.95. The van der Waals surface area contributed by atoms with Crippen LogP contribution in [-0.2, 0) is 13.0 Å². The van der Waals surface area contributed by atoms with Gasteiger partial charge in [0.05, 0.1) is 5.52 Å². The average Bonchev–Trinajstić information content (AvgIpc) is 2.64. The minimum atomic E-state index is -1.12. The summed E-state index contributed by atoms with van der Waals surface area (Å²) < 4.78 is 0. The quantitative estimate of drug-likeness (QED) is 0.674. The molecule has 0 amide bonds. The standard InChI is InChI=1S/C20H21N3O2/c1-2-3-10-15-11-7-12-16-17(15)18(23-19(22-16)20(24)25)21-13-14-8-5-4-6-9-14/h4-9,11-12H,2-3,10,13H2,1H3,(H,24,25)(H,21,22,23). The van der Waals surface area contributed by atoms with Crippen LogP contribution in [-0.4, -0.2) is 21.0 Å². The van der Waals surface area contributed by atoms with Gasteiger partial charge in [-0.2, -0.15) is 0 Å². The van der Waals surface area contributed by atoms with Crippen molar-refractivity contribution in [2.45, 2.75) is 32.7 Å².